The lowest BCUT2D eigenvalue weighted by atomic mass is 9.80. The van der Waals surface area contributed by atoms with Gasteiger partial charge in [0.25, 0.3) is 0 Å². The zero-order chi connectivity index (χ0) is 51.9. The summed E-state index contributed by atoms with van der Waals surface area (Å²) in [6.07, 6.45) is 8.43. The molecule has 0 N–H and O–H groups in total. The number of esters is 10. The highest BCUT2D eigenvalue weighted by atomic mass is 16.6. The zero-order valence-corrected chi connectivity index (χ0v) is 40.7. The standard InChI is InChI=1S/C14H18O6.C13H16O6.C12H16O4.C11H14O4/c1-8(2)12(16)18-7-11(15)20-14(3)5-4-9-6-10(14)19-13(9)17;1-3-10(14)17-7-11(15)19-13(2)5-4-8-6-9(13)18-12(8)16;1-7(2)10(13)16-12(3)5-4-8-6-9(12)15-11(8)14;1-3-9(12)15-11(2)5-4-7-6-8(11)14-10(7)13/h9-10H,1,4-7H2,2-3H3;3,8-9H,1,4-7H2,2H3;8-9H,1,4-6H2,2-3H3;3,7-8H,1,4-6H2,2H3. The Hall–Kier alpha value is -6.34. The topological polar surface area (TPSA) is 263 Å². The molecule has 0 aromatic carbocycles. The molecule has 0 aromatic heterocycles. The molecule has 8 bridgehead atoms. The fourth-order valence-electron chi connectivity index (χ4n) is 9.54. The summed E-state index contributed by atoms with van der Waals surface area (Å²) in [5, 5.41) is 0. The van der Waals surface area contributed by atoms with Crippen LogP contribution >= 0.6 is 0 Å². The van der Waals surface area contributed by atoms with Crippen LogP contribution in [0.5, 0.6) is 0 Å². The summed E-state index contributed by atoms with van der Waals surface area (Å²) in [5.41, 5.74) is -2.44. The van der Waals surface area contributed by atoms with Crippen LogP contribution in [-0.4, -0.2) is 120 Å². The molecule has 0 spiro atoms. The van der Waals surface area contributed by atoms with Crippen molar-refractivity contribution >= 4 is 59.7 Å². The van der Waals surface area contributed by atoms with Gasteiger partial charge in [0, 0.05) is 49.0 Å². The maximum absolute atomic E-state index is 11.7. The molecule has 8 aliphatic rings. The van der Waals surface area contributed by atoms with E-state index in [1.807, 2.05) is 13.8 Å². The van der Waals surface area contributed by atoms with E-state index in [2.05, 4.69) is 31.1 Å². The fourth-order valence-corrected chi connectivity index (χ4v) is 9.54. The third-order valence-electron chi connectivity index (χ3n) is 14.1. The second-order valence-corrected chi connectivity index (χ2v) is 19.7. The van der Waals surface area contributed by atoms with Gasteiger partial charge in [-0.25, -0.2) is 28.8 Å². The molecule has 20 heteroatoms. The number of carbonyl (C=O) groups is 10. The first-order valence-corrected chi connectivity index (χ1v) is 23.3. The molecule has 12 atom stereocenters. The molecule has 0 radical (unpaired) electrons. The van der Waals surface area contributed by atoms with E-state index in [1.165, 1.54) is 6.92 Å². The van der Waals surface area contributed by atoms with E-state index < -0.39 is 83.6 Å². The Balaban J connectivity index is 0.000000175. The molecule has 4 aliphatic heterocycles. The SMILES string of the molecule is C=C(C)C(=O)OC1(C)CCC2CC1OC2=O.C=C(C)C(=O)OCC(=O)OC1(C)CCC2CC1OC2=O.C=CC(=O)OC1(C)CCC2CC1OC2=O.C=CC(=O)OCC(=O)OC1(C)CCC2CC1OC2=O. The number of hydrogen-bond donors (Lipinski definition) is 0. The van der Waals surface area contributed by atoms with Crippen molar-refractivity contribution in [3.8, 4) is 0 Å². The largest absolute Gasteiger partial charge is 0.458 e. The molecular weight excluding hydrogens is 921 g/mol. The number of ether oxygens (including phenoxy) is 10. The first-order valence-electron chi connectivity index (χ1n) is 23.3. The minimum atomic E-state index is -0.838. The van der Waals surface area contributed by atoms with Crippen molar-refractivity contribution in [1.82, 2.24) is 0 Å². The van der Waals surface area contributed by atoms with Gasteiger partial charge in [-0.15, -0.1) is 0 Å². The first kappa shape index (κ1) is 54.6. The number of fused-ring (bicyclic) bond motifs is 8. The second-order valence-electron chi connectivity index (χ2n) is 19.7. The second kappa shape index (κ2) is 22.2. The van der Waals surface area contributed by atoms with Crippen LogP contribution in [0.2, 0.25) is 0 Å². The molecule has 4 heterocycles. The lowest BCUT2D eigenvalue weighted by molar-refractivity contribution is -0.182. The summed E-state index contributed by atoms with van der Waals surface area (Å²) in [4.78, 5) is 114. The molecular formula is C50H64O20. The van der Waals surface area contributed by atoms with Gasteiger partial charge in [0.15, 0.2) is 13.2 Å². The average molecular weight is 985 g/mol. The maximum atomic E-state index is 11.7. The molecule has 70 heavy (non-hydrogen) atoms. The Morgan fingerprint density at radius 2 is 0.786 bits per heavy atom. The van der Waals surface area contributed by atoms with Crippen LogP contribution in [0.3, 0.4) is 0 Å². The number of carbonyl (C=O) groups excluding carboxylic acids is 10. The monoisotopic (exact) mass is 984 g/mol. The normalized spacial score (nSPS) is 34.4. The Morgan fingerprint density at radius 1 is 0.486 bits per heavy atom. The van der Waals surface area contributed by atoms with Crippen LogP contribution in [0.15, 0.2) is 49.6 Å². The van der Waals surface area contributed by atoms with Gasteiger partial charge in [-0.2, -0.15) is 0 Å². The van der Waals surface area contributed by atoms with Gasteiger partial charge >= 0.3 is 59.7 Å². The lowest BCUT2D eigenvalue weighted by Gasteiger charge is -2.36. The summed E-state index contributed by atoms with van der Waals surface area (Å²) in [7, 11) is 0. The Kier molecular flexibility index (Phi) is 17.3. The van der Waals surface area contributed by atoms with Gasteiger partial charge in [-0.3, -0.25) is 19.2 Å². The van der Waals surface area contributed by atoms with Gasteiger partial charge in [0.2, 0.25) is 0 Å². The van der Waals surface area contributed by atoms with E-state index in [0.29, 0.717) is 69.8 Å². The maximum Gasteiger partial charge on any atom is 0.344 e. The molecule has 8 fully saturated rings. The predicted molar refractivity (Wildman–Crippen MR) is 239 cm³/mol. The van der Waals surface area contributed by atoms with Crippen molar-refractivity contribution in [2.75, 3.05) is 13.2 Å². The minimum Gasteiger partial charge on any atom is -0.458 e. The average Bonchev–Trinajstić information content (AvgIpc) is 4.04. The van der Waals surface area contributed by atoms with Crippen LogP contribution in [-0.2, 0) is 95.3 Å². The van der Waals surface area contributed by atoms with Crippen molar-refractivity contribution in [1.29, 1.82) is 0 Å². The number of rotatable bonds is 12. The molecule has 12 unspecified atom stereocenters. The molecule has 4 saturated heterocycles. The van der Waals surface area contributed by atoms with E-state index in [0.717, 1.165) is 25.0 Å². The van der Waals surface area contributed by atoms with Gasteiger partial charge in [0.05, 0.1) is 23.7 Å². The van der Waals surface area contributed by atoms with Gasteiger partial charge in [-0.05, 0) is 92.9 Å². The Morgan fingerprint density at radius 3 is 1.10 bits per heavy atom. The van der Waals surface area contributed by atoms with Crippen molar-refractivity contribution < 1.29 is 95.3 Å². The Labute approximate surface area is 406 Å². The van der Waals surface area contributed by atoms with Crippen LogP contribution < -0.4 is 0 Å². The van der Waals surface area contributed by atoms with Gasteiger partial charge in [-0.1, -0.05) is 26.3 Å². The Bertz CT molecular complexity index is 2180. The fraction of sp³-hybridized carbons (Fsp3) is 0.640. The van der Waals surface area contributed by atoms with E-state index in [4.69, 9.17) is 42.6 Å². The van der Waals surface area contributed by atoms with Crippen LogP contribution in [0, 0.1) is 23.7 Å². The van der Waals surface area contributed by atoms with Gasteiger partial charge in [0.1, 0.15) is 46.8 Å². The van der Waals surface area contributed by atoms with E-state index in [1.54, 1.807) is 20.8 Å². The summed E-state index contributed by atoms with van der Waals surface area (Å²) in [6.45, 7) is 22.8. The first-order chi connectivity index (χ1) is 32.7. The van der Waals surface area contributed by atoms with Crippen molar-refractivity contribution in [2.24, 2.45) is 23.7 Å². The summed E-state index contributed by atoms with van der Waals surface area (Å²) < 4.78 is 51.6. The molecule has 0 amide bonds. The smallest absolute Gasteiger partial charge is 0.344 e. The summed E-state index contributed by atoms with van der Waals surface area (Å²) >= 11 is 0. The van der Waals surface area contributed by atoms with Crippen LogP contribution in [0.25, 0.3) is 0 Å². The highest BCUT2D eigenvalue weighted by molar-refractivity contribution is 5.89. The predicted octanol–water partition coefficient (Wildman–Crippen LogP) is 4.67. The molecule has 4 aliphatic carbocycles. The minimum absolute atomic E-state index is 0.00149. The van der Waals surface area contributed by atoms with Crippen LogP contribution in [0.1, 0.15) is 119 Å². The third-order valence-corrected chi connectivity index (χ3v) is 14.1. The van der Waals surface area contributed by atoms with E-state index in [9.17, 15) is 47.9 Å². The lowest BCUT2D eigenvalue weighted by Crippen LogP contribution is -2.46. The zero-order valence-electron chi connectivity index (χ0n) is 40.7. The van der Waals surface area contributed by atoms with E-state index >= 15 is 0 Å². The van der Waals surface area contributed by atoms with Crippen molar-refractivity contribution in [3.63, 3.8) is 0 Å². The summed E-state index contributed by atoms with van der Waals surface area (Å²) in [6, 6.07) is 0. The van der Waals surface area contributed by atoms with Crippen molar-refractivity contribution in [3.05, 3.63) is 49.6 Å². The molecule has 20 nitrogen and oxygen atoms in total. The van der Waals surface area contributed by atoms with Gasteiger partial charge < -0.3 is 47.4 Å². The highest BCUT2D eigenvalue weighted by Gasteiger charge is 2.55. The summed E-state index contributed by atoms with van der Waals surface area (Å²) in [5.74, 6) is -4.38. The van der Waals surface area contributed by atoms with E-state index in [-0.39, 0.29) is 65.3 Å². The molecule has 0 aromatic rings. The third kappa shape index (κ3) is 13.1. The van der Waals surface area contributed by atoms with Crippen LogP contribution in [0.4, 0.5) is 0 Å². The number of hydrogen-bond acceptors (Lipinski definition) is 20. The highest BCUT2D eigenvalue weighted by Crippen LogP contribution is 2.46. The van der Waals surface area contributed by atoms with Crippen molar-refractivity contribution in [2.45, 2.75) is 165 Å². The molecule has 384 valence electrons. The molecule has 4 saturated carbocycles. The quantitative estimate of drug-likeness (QED) is 0.146. The molecule has 8 rings (SSSR count).